The molecule has 0 bridgehead atoms. The van der Waals surface area contributed by atoms with E-state index in [0.29, 0.717) is 0 Å². The maximum atomic E-state index is 12.5. The predicted octanol–water partition coefficient (Wildman–Crippen LogP) is 1.40. The zero-order valence-electron chi connectivity index (χ0n) is 14.2. The van der Waals surface area contributed by atoms with Crippen LogP contribution in [0.2, 0.25) is 5.02 Å². The third kappa shape index (κ3) is 5.19. The van der Waals surface area contributed by atoms with E-state index in [9.17, 15) is 18.0 Å². The lowest BCUT2D eigenvalue weighted by Gasteiger charge is -2.14. The number of methoxy groups -OCH3 is 1. The lowest BCUT2D eigenvalue weighted by Crippen LogP contribution is -2.44. The van der Waals surface area contributed by atoms with Crippen LogP contribution in [0.3, 0.4) is 0 Å². The third-order valence-electron chi connectivity index (χ3n) is 3.50. The molecule has 144 valence electrons. The Labute approximate surface area is 161 Å². The zero-order valence-corrected chi connectivity index (χ0v) is 15.8. The fourth-order valence-corrected chi connectivity index (χ4v) is 3.48. The fourth-order valence-electron chi connectivity index (χ4n) is 2.12. The van der Waals surface area contributed by atoms with Crippen molar-refractivity contribution in [3.8, 4) is 0 Å². The SMILES string of the molecule is COC(=O)[C@H](CO)NC(=O)c1cccc(S(=O)(=O)Nc2ccccc2Cl)c1. The quantitative estimate of drug-likeness (QED) is 0.591. The van der Waals surface area contributed by atoms with Gasteiger partial charge in [0.2, 0.25) is 0 Å². The molecule has 0 spiro atoms. The lowest BCUT2D eigenvalue weighted by molar-refractivity contribution is -0.143. The number of ether oxygens (including phenoxy) is 1. The summed E-state index contributed by atoms with van der Waals surface area (Å²) in [6.07, 6.45) is 0. The smallest absolute Gasteiger partial charge is 0.330 e. The molecule has 0 radical (unpaired) electrons. The molecular weight excluding hydrogens is 396 g/mol. The Morgan fingerprint density at radius 2 is 1.89 bits per heavy atom. The highest BCUT2D eigenvalue weighted by Gasteiger charge is 2.22. The molecule has 8 nitrogen and oxygen atoms in total. The first-order chi connectivity index (χ1) is 12.8. The standard InChI is InChI=1S/C17H17ClN2O6S/c1-26-17(23)15(10-21)19-16(22)11-5-4-6-12(9-11)27(24,25)20-14-8-3-2-7-13(14)18/h2-9,15,20-21H,10H2,1H3,(H,19,22)/t15-/m0/s1. The van der Waals surface area contributed by atoms with Crippen molar-refractivity contribution in [2.75, 3.05) is 18.4 Å². The molecule has 2 aromatic rings. The summed E-state index contributed by atoms with van der Waals surface area (Å²) >= 11 is 5.96. The Morgan fingerprint density at radius 3 is 2.52 bits per heavy atom. The molecule has 0 aliphatic heterocycles. The van der Waals surface area contributed by atoms with Crippen LogP contribution in [0.15, 0.2) is 53.4 Å². The number of hydrogen-bond acceptors (Lipinski definition) is 6. The molecule has 0 fully saturated rings. The van der Waals surface area contributed by atoms with Crippen molar-refractivity contribution < 1.29 is 27.9 Å². The number of anilines is 1. The van der Waals surface area contributed by atoms with Crippen molar-refractivity contribution in [1.82, 2.24) is 5.32 Å². The maximum absolute atomic E-state index is 12.5. The summed E-state index contributed by atoms with van der Waals surface area (Å²) in [5, 5.41) is 11.7. The van der Waals surface area contributed by atoms with E-state index >= 15 is 0 Å². The average Bonchev–Trinajstić information content (AvgIpc) is 2.67. The zero-order chi connectivity index (χ0) is 20.0. The Balaban J connectivity index is 2.24. The minimum Gasteiger partial charge on any atom is -0.467 e. The van der Waals surface area contributed by atoms with Gasteiger partial charge >= 0.3 is 5.97 Å². The largest absolute Gasteiger partial charge is 0.467 e. The van der Waals surface area contributed by atoms with E-state index in [1.54, 1.807) is 12.1 Å². The molecule has 10 heteroatoms. The van der Waals surface area contributed by atoms with E-state index in [1.807, 2.05) is 0 Å². The van der Waals surface area contributed by atoms with Crippen molar-refractivity contribution >= 4 is 39.2 Å². The summed E-state index contributed by atoms with van der Waals surface area (Å²) in [7, 11) is -2.89. The number of amides is 1. The number of hydrogen-bond donors (Lipinski definition) is 3. The molecule has 0 saturated heterocycles. The van der Waals surface area contributed by atoms with Gasteiger partial charge in [-0.3, -0.25) is 9.52 Å². The first-order valence-corrected chi connectivity index (χ1v) is 9.51. The number of para-hydroxylation sites is 1. The molecular formula is C17H17ClN2O6S. The minimum atomic E-state index is -4.00. The number of carbonyl (C=O) groups excluding carboxylic acids is 2. The van der Waals surface area contributed by atoms with Crippen LogP contribution in [0.25, 0.3) is 0 Å². The number of benzene rings is 2. The first kappa shape index (κ1) is 20.7. The van der Waals surface area contributed by atoms with Gasteiger partial charge < -0.3 is 15.2 Å². The van der Waals surface area contributed by atoms with E-state index in [-0.39, 0.29) is 21.2 Å². The molecule has 0 unspecified atom stereocenters. The molecule has 3 N–H and O–H groups in total. The van der Waals surface area contributed by atoms with Crippen LogP contribution < -0.4 is 10.0 Å². The maximum Gasteiger partial charge on any atom is 0.330 e. The topological polar surface area (TPSA) is 122 Å². The van der Waals surface area contributed by atoms with Crippen molar-refractivity contribution in [2.24, 2.45) is 0 Å². The molecule has 27 heavy (non-hydrogen) atoms. The van der Waals surface area contributed by atoms with Crippen LogP contribution in [-0.2, 0) is 19.6 Å². The monoisotopic (exact) mass is 412 g/mol. The number of carbonyl (C=O) groups is 2. The van der Waals surface area contributed by atoms with Gasteiger partial charge in [0.15, 0.2) is 6.04 Å². The second-order valence-corrected chi connectivity index (χ2v) is 7.43. The van der Waals surface area contributed by atoms with Gasteiger partial charge in [-0.1, -0.05) is 29.8 Å². The van der Waals surface area contributed by atoms with E-state index in [4.69, 9.17) is 16.7 Å². The van der Waals surface area contributed by atoms with Crippen LogP contribution in [-0.4, -0.2) is 45.2 Å². The van der Waals surface area contributed by atoms with Gasteiger partial charge in [0.05, 0.1) is 29.3 Å². The van der Waals surface area contributed by atoms with Gasteiger partial charge in [0.1, 0.15) is 0 Å². The molecule has 1 amide bonds. The third-order valence-corrected chi connectivity index (χ3v) is 5.19. The molecule has 0 saturated carbocycles. The Bertz CT molecular complexity index is 948. The van der Waals surface area contributed by atoms with Gasteiger partial charge in [-0.05, 0) is 30.3 Å². The minimum absolute atomic E-state index is 0.0145. The van der Waals surface area contributed by atoms with Gasteiger partial charge in [0.25, 0.3) is 15.9 Å². The summed E-state index contributed by atoms with van der Waals surface area (Å²) in [5.41, 5.74) is 0.180. The van der Waals surface area contributed by atoms with Gasteiger partial charge in [-0.2, -0.15) is 0 Å². The highest BCUT2D eigenvalue weighted by atomic mass is 35.5. The van der Waals surface area contributed by atoms with Crippen molar-refractivity contribution in [2.45, 2.75) is 10.9 Å². The summed E-state index contributed by atoms with van der Waals surface area (Å²) in [5.74, 6) is -1.57. The lowest BCUT2D eigenvalue weighted by atomic mass is 10.2. The Morgan fingerprint density at radius 1 is 1.19 bits per heavy atom. The van der Waals surface area contributed by atoms with E-state index in [1.165, 1.54) is 30.3 Å². The molecule has 0 aliphatic rings. The van der Waals surface area contributed by atoms with Crippen molar-refractivity contribution in [3.63, 3.8) is 0 Å². The highest BCUT2D eigenvalue weighted by molar-refractivity contribution is 7.92. The van der Waals surface area contributed by atoms with Crippen LogP contribution in [0.1, 0.15) is 10.4 Å². The number of aliphatic hydroxyl groups is 1. The van der Waals surface area contributed by atoms with E-state index < -0.39 is 34.5 Å². The van der Waals surface area contributed by atoms with Crippen LogP contribution >= 0.6 is 11.6 Å². The predicted molar refractivity (Wildman–Crippen MR) is 99.1 cm³/mol. The molecule has 0 aromatic heterocycles. The number of rotatable bonds is 7. The fraction of sp³-hybridized carbons (Fsp3) is 0.176. The normalized spacial score (nSPS) is 12.1. The molecule has 0 aliphatic carbocycles. The second kappa shape index (κ2) is 8.85. The van der Waals surface area contributed by atoms with Gasteiger partial charge in [0, 0.05) is 5.56 Å². The Hall–Kier alpha value is -2.62. The summed E-state index contributed by atoms with van der Waals surface area (Å²) in [6.45, 7) is -0.662. The summed E-state index contributed by atoms with van der Waals surface area (Å²) in [4.78, 5) is 23.5. The molecule has 1 atom stereocenters. The number of nitrogens with one attached hydrogen (secondary N) is 2. The second-order valence-electron chi connectivity index (χ2n) is 5.34. The molecule has 0 heterocycles. The Kier molecular flexibility index (Phi) is 6.78. The van der Waals surface area contributed by atoms with Crippen molar-refractivity contribution in [3.05, 3.63) is 59.1 Å². The summed E-state index contributed by atoms with van der Waals surface area (Å²) < 4.78 is 31.9. The molecule has 2 rings (SSSR count). The average molecular weight is 413 g/mol. The van der Waals surface area contributed by atoms with Crippen LogP contribution in [0.4, 0.5) is 5.69 Å². The van der Waals surface area contributed by atoms with E-state index in [2.05, 4.69) is 14.8 Å². The molecule has 2 aromatic carbocycles. The number of halogens is 1. The summed E-state index contributed by atoms with van der Waals surface area (Å²) in [6, 6.07) is 10.2. The van der Waals surface area contributed by atoms with Crippen LogP contribution in [0.5, 0.6) is 0 Å². The van der Waals surface area contributed by atoms with Gasteiger partial charge in [-0.15, -0.1) is 0 Å². The number of esters is 1. The number of aliphatic hydroxyl groups excluding tert-OH is 1. The van der Waals surface area contributed by atoms with Gasteiger partial charge in [-0.25, -0.2) is 13.2 Å². The first-order valence-electron chi connectivity index (χ1n) is 7.65. The van der Waals surface area contributed by atoms with Crippen molar-refractivity contribution in [1.29, 1.82) is 0 Å². The van der Waals surface area contributed by atoms with Crippen LogP contribution in [0, 0.1) is 0 Å². The van der Waals surface area contributed by atoms with E-state index in [0.717, 1.165) is 13.2 Å². The highest BCUT2D eigenvalue weighted by Crippen LogP contribution is 2.24. The number of sulfonamides is 1.